The van der Waals surface area contributed by atoms with Crippen LogP contribution in [0.2, 0.25) is 5.02 Å². The van der Waals surface area contributed by atoms with Gasteiger partial charge in [-0.15, -0.1) is 0 Å². The summed E-state index contributed by atoms with van der Waals surface area (Å²) in [6, 6.07) is 2.84. The Bertz CT molecular complexity index is 436. The first-order valence-electron chi connectivity index (χ1n) is 3.37. The Morgan fingerprint density at radius 2 is 2.33 bits per heavy atom. The third-order valence-corrected chi connectivity index (χ3v) is 1.99. The van der Waals surface area contributed by atoms with Crippen molar-refractivity contribution in [3.63, 3.8) is 0 Å². The van der Waals surface area contributed by atoms with Crippen LogP contribution in [-0.4, -0.2) is 9.55 Å². The molecule has 0 aliphatic heterocycles. The topological polar surface area (TPSA) is 17.8 Å². The third kappa shape index (κ3) is 0.975. The zero-order valence-electron chi connectivity index (χ0n) is 6.31. The summed E-state index contributed by atoms with van der Waals surface area (Å²) in [5.74, 6) is -0.448. The van der Waals surface area contributed by atoms with E-state index >= 15 is 0 Å². The van der Waals surface area contributed by atoms with E-state index in [-0.39, 0.29) is 5.02 Å². The number of imidazole rings is 1. The summed E-state index contributed by atoms with van der Waals surface area (Å²) in [4.78, 5) is 3.86. The second kappa shape index (κ2) is 2.45. The second-order valence-electron chi connectivity index (χ2n) is 2.53. The van der Waals surface area contributed by atoms with E-state index in [2.05, 4.69) is 11.3 Å². The van der Waals surface area contributed by atoms with Crippen molar-refractivity contribution in [1.82, 2.24) is 9.55 Å². The van der Waals surface area contributed by atoms with Crippen molar-refractivity contribution >= 4 is 22.6 Å². The molecule has 0 aliphatic carbocycles. The minimum Gasteiger partial charge on any atom is -0.324 e. The summed E-state index contributed by atoms with van der Waals surface area (Å²) in [7, 11) is 1.78. The zero-order chi connectivity index (χ0) is 8.72. The molecule has 0 saturated heterocycles. The van der Waals surface area contributed by atoms with Gasteiger partial charge in [0.1, 0.15) is 5.82 Å². The molecule has 0 unspecified atom stereocenters. The molecule has 0 atom stereocenters. The van der Waals surface area contributed by atoms with Crippen LogP contribution >= 0.6 is 11.6 Å². The van der Waals surface area contributed by atoms with Crippen molar-refractivity contribution in [3.8, 4) is 0 Å². The number of aromatic nitrogens is 2. The normalized spacial score (nSPS) is 10.9. The maximum Gasteiger partial charge on any atom is 0.177 e. The summed E-state index contributed by atoms with van der Waals surface area (Å²) in [6.45, 7) is 0. The predicted molar refractivity (Wildman–Crippen MR) is 44.5 cm³/mol. The summed E-state index contributed by atoms with van der Waals surface area (Å²) in [5, 5.41) is 0.111. The van der Waals surface area contributed by atoms with Crippen molar-refractivity contribution in [3.05, 3.63) is 29.3 Å². The number of hydrogen-bond acceptors (Lipinski definition) is 1. The van der Waals surface area contributed by atoms with E-state index in [1.165, 1.54) is 12.1 Å². The summed E-state index contributed by atoms with van der Waals surface area (Å²) < 4.78 is 14.5. The first-order valence-corrected chi connectivity index (χ1v) is 3.75. The van der Waals surface area contributed by atoms with Crippen LogP contribution < -0.4 is 0 Å². The maximum absolute atomic E-state index is 12.9. The fourth-order valence-corrected chi connectivity index (χ4v) is 1.22. The van der Waals surface area contributed by atoms with Gasteiger partial charge in [-0.1, -0.05) is 11.6 Å². The van der Waals surface area contributed by atoms with E-state index in [0.29, 0.717) is 5.52 Å². The molecule has 0 bridgehead atoms. The number of aryl methyl sites for hydroxylation is 1. The molecule has 4 heteroatoms. The second-order valence-corrected chi connectivity index (χ2v) is 2.93. The highest BCUT2D eigenvalue weighted by molar-refractivity contribution is 6.31. The quantitative estimate of drug-likeness (QED) is 0.612. The van der Waals surface area contributed by atoms with Gasteiger partial charge in [-0.05, 0) is 6.07 Å². The van der Waals surface area contributed by atoms with E-state index in [1.54, 1.807) is 11.6 Å². The monoisotopic (exact) mass is 183 g/mol. The average molecular weight is 184 g/mol. The molecular weight excluding hydrogens is 179 g/mol. The zero-order valence-corrected chi connectivity index (χ0v) is 7.06. The Morgan fingerprint density at radius 1 is 1.58 bits per heavy atom. The number of hydrogen-bond donors (Lipinski definition) is 0. The third-order valence-electron chi connectivity index (χ3n) is 1.70. The van der Waals surface area contributed by atoms with Gasteiger partial charge in [-0.25, -0.2) is 9.37 Å². The minimum atomic E-state index is -0.448. The first-order chi connectivity index (χ1) is 5.68. The minimum absolute atomic E-state index is 0.111. The molecule has 0 aliphatic rings. The van der Waals surface area contributed by atoms with Crippen molar-refractivity contribution in [2.45, 2.75) is 0 Å². The molecule has 1 aromatic carbocycles. The van der Waals surface area contributed by atoms with Gasteiger partial charge in [0.15, 0.2) is 6.33 Å². The average Bonchev–Trinajstić information content (AvgIpc) is 2.35. The lowest BCUT2D eigenvalue weighted by Gasteiger charge is -1.95. The Kier molecular flexibility index (Phi) is 1.54. The van der Waals surface area contributed by atoms with E-state index in [1.807, 2.05) is 0 Å². The lowest BCUT2D eigenvalue weighted by molar-refractivity contribution is 0.630. The Morgan fingerprint density at radius 3 is 3.08 bits per heavy atom. The number of halogens is 2. The summed E-state index contributed by atoms with van der Waals surface area (Å²) in [5.41, 5.74) is 1.35. The van der Waals surface area contributed by atoms with E-state index < -0.39 is 5.82 Å². The van der Waals surface area contributed by atoms with Crippen LogP contribution in [0.3, 0.4) is 0 Å². The molecule has 0 amide bonds. The smallest absolute Gasteiger partial charge is 0.177 e. The number of nitrogens with zero attached hydrogens (tertiary/aromatic N) is 2. The molecule has 2 rings (SSSR count). The molecule has 12 heavy (non-hydrogen) atoms. The molecule has 0 spiro atoms. The van der Waals surface area contributed by atoms with Crippen LogP contribution in [-0.2, 0) is 7.05 Å². The molecule has 0 fully saturated rings. The van der Waals surface area contributed by atoms with Crippen LogP contribution in [0, 0.1) is 12.1 Å². The standard InChI is InChI=1S/C8H5ClFN2/c1-12-4-11-7-3-6(10)5(9)2-8(7)12/h2-3H,1H3. The SMILES string of the molecule is Cn1[c]nc2cc(F)c(Cl)cc21. The largest absolute Gasteiger partial charge is 0.324 e. The van der Waals surface area contributed by atoms with Crippen LogP contribution in [0.15, 0.2) is 12.1 Å². The number of fused-ring (bicyclic) bond motifs is 1. The van der Waals surface area contributed by atoms with Gasteiger partial charge in [0.25, 0.3) is 0 Å². The number of rotatable bonds is 0. The van der Waals surface area contributed by atoms with Gasteiger partial charge < -0.3 is 4.57 Å². The van der Waals surface area contributed by atoms with Gasteiger partial charge in [-0.2, -0.15) is 0 Å². The van der Waals surface area contributed by atoms with Gasteiger partial charge in [0.2, 0.25) is 0 Å². The number of benzene rings is 1. The molecule has 1 heterocycles. The van der Waals surface area contributed by atoms with Crippen molar-refractivity contribution in [2.24, 2.45) is 7.05 Å². The lowest BCUT2D eigenvalue weighted by atomic mass is 10.3. The Balaban J connectivity index is 2.87. The molecule has 1 radical (unpaired) electrons. The predicted octanol–water partition coefficient (Wildman–Crippen LogP) is 2.17. The molecule has 0 saturated carbocycles. The fraction of sp³-hybridized carbons (Fsp3) is 0.125. The highest BCUT2D eigenvalue weighted by Crippen LogP contribution is 2.20. The van der Waals surface area contributed by atoms with Gasteiger partial charge in [0, 0.05) is 13.1 Å². The Hall–Kier alpha value is -1.09. The summed E-state index contributed by atoms with van der Waals surface area (Å²) >= 11 is 5.59. The van der Waals surface area contributed by atoms with Gasteiger partial charge >= 0.3 is 0 Å². The van der Waals surface area contributed by atoms with E-state index in [9.17, 15) is 4.39 Å². The lowest BCUT2D eigenvalue weighted by Crippen LogP contribution is -1.85. The maximum atomic E-state index is 12.9. The van der Waals surface area contributed by atoms with Gasteiger partial charge in [0.05, 0.1) is 16.1 Å². The van der Waals surface area contributed by atoms with Crippen molar-refractivity contribution in [2.75, 3.05) is 0 Å². The molecule has 2 aromatic rings. The van der Waals surface area contributed by atoms with Crippen LogP contribution in [0.25, 0.3) is 11.0 Å². The van der Waals surface area contributed by atoms with E-state index in [4.69, 9.17) is 11.6 Å². The highest BCUT2D eigenvalue weighted by Gasteiger charge is 2.05. The molecule has 61 valence electrons. The molecular formula is C8H5ClFN2. The summed E-state index contributed by atoms with van der Waals surface area (Å²) in [6.07, 6.45) is 2.67. The first kappa shape index (κ1) is 7.55. The molecule has 2 nitrogen and oxygen atoms in total. The molecule has 1 aromatic heterocycles. The van der Waals surface area contributed by atoms with Crippen molar-refractivity contribution < 1.29 is 4.39 Å². The molecule has 0 N–H and O–H groups in total. The van der Waals surface area contributed by atoms with E-state index in [0.717, 1.165) is 5.52 Å². The van der Waals surface area contributed by atoms with Crippen molar-refractivity contribution in [1.29, 1.82) is 0 Å². The Labute approximate surface area is 73.6 Å². The van der Waals surface area contributed by atoms with Crippen LogP contribution in [0.4, 0.5) is 4.39 Å². The van der Waals surface area contributed by atoms with Crippen LogP contribution in [0.1, 0.15) is 0 Å². The van der Waals surface area contributed by atoms with Crippen LogP contribution in [0.5, 0.6) is 0 Å². The highest BCUT2D eigenvalue weighted by atomic mass is 35.5. The fourth-order valence-electron chi connectivity index (χ4n) is 1.07. The van der Waals surface area contributed by atoms with Gasteiger partial charge in [-0.3, -0.25) is 0 Å².